The molecule has 0 fully saturated rings. The Hall–Kier alpha value is -3.93. The molecule has 6 heteroatoms. The van der Waals surface area contributed by atoms with E-state index in [4.69, 9.17) is 4.74 Å². The molecule has 3 aromatic carbocycles. The van der Waals surface area contributed by atoms with Gasteiger partial charge in [0.1, 0.15) is 11.6 Å². The predicted octanol–water partition coefficient (Wildman–Crippen LogP) is 4.60. The van der Waals surface area contributed by atoms with Crippen LogP contribution in [0.25, 0.3) is 22.0 Å². The number of hydrogen-bond donors (Lipinski definition) is 2. The Morgan fingerprint density at radius 1 is 0.966 bits per heavy atom. The Morgan fingerprint density at radius 3 is 2.45 bits per heavy atom. The summed E-state index contributed by atoms with van der Waals surface area (Å²) in [5, 5.41) is 3.23. The predicted molar refractivity (Wildman–Crippen MR) is 111 cm³/mol. The Balaban J connectivity index is 1.73. The molecule has 0 spiro atoms. The fraction of sp³-hybridized carbons (Fsp3) is 0.0435. The van der Waals surface area contributed by atoms with Crippen LogP contribution >= 0.6 is 0 Å². The molecule has 1 heterocycles. The third kappa shape index (κ3) is 3.87. The van der Waals surface area contributed by atoms with Gasteiger partial charge >= 0.3 is 0 Å². The van der Waals surface area contributed by atoms with E-state index in [1.54, 1.807) is 19.2 Å². The minimum atomic E-state index is -0.483. The summed E-state index contributed by atoms with van der Waals surface area (Å²) in [5.74, 6) is -0.189. The number of aromatic nitrogens is 1. The largest absolute Gasteiger partial charge is 0.497 e. The first-order valence-electron chi connectivity index (χ1n) is 8.92. The van der Waals surface area contributed by atoms with Gasteiger partial charge in [0, 0.05) is 22.7 Å². The molecular formula is C23H17FN2O3. The van der Waals surface area contributed by atoms with Crippen LogP contribution in [0.3, 0.4) is 0 Å². The van der Waals surface area contributed by atoms with Crippen molar-refractivity contribution in [2.45, 2.75) is 0 Å². The Labute approximate surface area is 165 Å². The lowest BCUT2D eigenvalue weighted by Gasteiger charge is -2.10. The van der Waals surface area contributed by atoms with Crippen LogP contribution in [-0.4, -0.2) is 18.0 Å². The van der Waals surface area contributed by atoms with E-state index in [2.05, 4.69) is 10.3 Å². The second-order valence-corrected chi connectivity index (χ2v) is 6.50. The number of carbonyl (C=O) groups excluding carboxylic acids is 1. The van der Waals surface area contributed by atoms with Crippen molar-refractivity contribution in [2.24, 2.45) is 0 Å². The van der Waals surface area contributed by atoms with Gasteiger partial charge in [-0.1, -0.05) is 30.3 Å². The van der Waals surface area contributed by atoms with Crippen LogP contribution in [-0.2, 0) is 0 Å². The maximum Gasteiger partial charge on any atom is 0.256 e. The number of halogens is 1. The third-order valence-corrected chi connectivity index (χ3v) is 4.59. The van der Waals surface area contributed by atoms with Crippen molar-refractivity contribution < 1.29 is 13.9 Å². The summed E-state index contributed by atoms with van der Waals surface area (Å²) in [7, 11) is 1.60. The van der Waals surface area contributed by atoms with Crippen LogP contribution in [0.1, 0.15) is 10.4 Å². The highest BCUT2D eigenvalue weighted by Crippen LogP contribution is 2.26. The number of carbonyl (C=O) groups is 1. The fourth-order valence-corrected chi connectivity index (χ4v) is 3.18. The number of hydrogen-bond acceptors (Lipinski definition) is 3. The lowest BCUT2D eigenvalue weighted by molar-refractivity contribution is 0.102. The topological polar surface area (TPSA) is 71.2 Å². The Bertz CT molecular complexity index is 1260. The number of aromatic amines is 1. The smallest absolute Gasteiger partial charge is 0.256 e. The monoisotopic (exact) mass is 388 g/mol. The van der Waals surface area contributed by atoms with E-state index in [9.17, 15) is 14.0 Å². The summed E-state index contributed by atoms with van der Waals surface area (Å²) in [6, 6.07) is 19.8. The Morgan fingerprint density at radius 2 is 1.72 bits per heavy atom. The van der Waals surface area contributed by atoms with Crippen molar-refractivity contribution in [3.63, 3.8) is 0 Å². The molecule has 0 radical (unpaired) electrons. The van der Waals surface area contributed by atoms with Gasteiger partial charge in [-0.15, -0.1) is 0 Å². The normalized spacial score (nSPS) is 10.7. The number of anilines is 1. The van der Waals surface area contributed by atoms with Crippen LogP contribution in [0.15, 0.2) is 77.6 Å². The second-order valence-electron chi connectivity index (χ2n) is 6.50. The number of benzene rings is 3. The van der Waals surface area contributed by atoms with Gasteiger partial charge in [-0.3, -0.25) is 9.59 Å². The lowest BCUT2D eigenvalue weighted by atomic mass is 10.0. The van der Waals surface area contributed by atoms with Gasteiger partial charge in [-0.05, 0) is 47.5 Å². The number of methoxy groups -OCH3 is 1. The number of fused-ring (bicyclic) bond motifs is 1. The molecule has 4 aromatic rings. The van der Waals surface area contributed by atoms with Crippen LogP contribution in [0, 0.1) is 5.82 Å². The van der Waals surface area contributed by atoms with E-state index in [-0.39, 0.29) is 5.56 Å². The Kier molecular flexibility index (Phi) is 4.83. The molecule has 0 aliphatic heterocycles. The molecule has 4 rings (SSSR count). The van der Waals surface area contributed by atoms with Crippen LogP contribution in [0.5, 0.6) is 5.75 Å². The van der Waals surface area contributed by atoms with E-state index >= 15 is 0 Å². The second kappa shape index (κ2) is 7.59. The molecule has 0 unspecified atom stereocenters. The van der Waals surface area contributed by atoms with Crippen molar-refractivity contribution in [3.8, 4) is 16.9 Å². The fourth-order valence-electron chi connectivity index (χ4n) is 3.18. The highest BCUT2D eigenvalue weighted by Gasteiger charge is 2.13. The van der Waals surface area contributed by atoms with Crippen LogP contribution in [0.4, 0.5) is 10.1 Å². The molecule has 29 heavy (non-hydrogen) atoms. The first kappa shape index (κ1) is 18.4. The van der Waals surface area contributed by atoms with Gasteiger partial charge in [-0.25, -0.2) is 4.39 Å². The van der Waals surface area contributed by atoms with E-state index in [0.29, 0.717) is 16.6 Å². The molecule has 0 saturated carbocycles. The summed E-state index contributed by atoms with van der Waals surface area (Å²) in [5.41, 5.74) is 2.51. The molecule has 0 aliphatic carbocycles. The summed E-state index contributed by atoms with van der Waals surface area (Å²) in [6.45, 7) is 0. The average molecular weight is 388 g/mol. The van der Waals surface area contributed by atoms with Gasteiger partial charge in [0.15, 0.2) is 0 Å². The summed E-state index contributed by atoms with van der Waals surface area (Å²) < 4.78 is 18.6. The molecule has 0 atom stereocenters. The van der Waals surface area contributed by atoms with E-state index < -0.39 is 17.3 Å². The minimum Gasteiger partial charge on any atom is -0.497 e. The number of ether oxygens (including phenoxy) is 1. The molecule has 144 valence electrons. The van der Waals surface area contributed by atoms with Gasteiger partial charge in [-0.2, -0.15) is 0 Å². The van der Waals surface area contributed by atoms with Gasteiger partial charge < -0.3 is 15.0 Å². The van der Waals surface area contributed by atoms with Crippen molar-refractivity contribution in [3.05, 3.63) is 94.5 Å². The maximum absolute atomic E-state index is 13.4. The van der Waals surface area contributed by atoms with Crippen LogP contribution < -0.4 is 15.6 Å². The molecule has 1 amide bonds. The van der Waals surface area contributed by atoms with E-state index in [0.717, 1.165) is 16.9 Å². The number of rotatable bonds is 4. The highest BCUT2D eigenvalue weighted by molar-refractivity contribution is 6.12. The zero-order valence-electron chi connectivity index (χ0n) is 15.5. The minimum absolute atomic E-state index is 0.217. The zero-order chi connectivity index (χ0) is 20.4. The lowest BCUT2D eigenvalue weighted by Crippen LogP contribution is -2.17. The van der Waals surface area contributed by atoms with Crippen LogP contribution in [0.2, 0.25) is 0 Å². The summed E-state index contributed by atoms with van der Waals surface area (Å²) in [4.78, 5) is 27.6. The maximum atomic E-state index is 13.4. The summed E-state index contributed by atoms with van der Waals surface area (Å²) in [6.07, 6.45) is 0. The molecule has 0 bridgehead atoms. The van der Waals surface area contributed by atoms with Crippen molar-refractivity contribution in [2.75, 3.05) is 12.4 Å². The molecule has 1 aromatic heterocycles. The van der Waals surface area contributed by atoms with E-state index in [1.807, 2.05) is 36.4 Å². The highest BCUT2D eigenvalue weighted by atomic mass is 19.1. The third-order valence-electron chi connectivity index (χ3n) is 4.59. The summed E-state index contributed by atoms with van der Waals surface area (Å²) >= 11 is 0. The number of H-pyrrole nitrogens is 1. The van der Waals surface area contributed by atoms with Gasteiger partial charge in [0.2, 0.25) is 5.56 Å². The van der Waals surface area contributed by atoms with Gasteiger partial charge in [0.05, 0.1) is 12.7 Å². The van der Waals surface area contributed by atoms with Crippen molar-refractivity contribution in [1.82, 2.24) is 4.98 Å². The number of amides is 1. The first-order valence-corrected chi connectivity index (χ1v) is 8.92. The van der Waals surface area contributed by atoms with Crippen molar-refractivity contribution >= 4 is 22.5 Å². The quantitative estimate of drug-likeness (QED) is 0.537. The molecular weight excluding hydrogens is 371 g/mol. The first-order chi connectivity index (χ1) is 14.0. The average Bonchev–Trinajstić information content (AvgIpc) is 2.72. The SMILES string of the molecule is COc1ccc(-c2ccc3c(C(=O)Nc4cccc(F)c4)cc(=O)[nH]c3c2)cc1. The van der Waals surface area contributed by atoms with Crippen molar-refractivity contribution in [1.29, 1.82) is 0 Å². The standard InChI is InChI=1S/C23H17FN2O3/c1-29-18-8-5-14(6-9-18)15-7-10-19-20(13-22(27)26-21(19)11-15)23(28)25-17-4-2-3-16(24)12-17/h2-13H,1H3,(H,25,28)(H,26,27). The molecule has 2 N–H and O–H groups in total. The zero-order valence-corrected chi connectivity index (χ0v) is 15.5. The molecule has 5 nitrogen and oxygen atoms in total. The van der Waals surface area contributed by atoms with Gasteiger partial charge in [0.25, 0.3) is 5.91 Å². The number of nitrogens with one attached hydrogen (secondary N) is 2. The van der Waals surface area contributed by atoms with E-state index in [1.165, 1.54) is 24.3 Å². The molecule has 0 aliphatic rings. The number of pyridine rings is 1. The molecule has 0 saturated heterocycles.